The molecule has 2 aromatic carbocycles. The van der Waals surface area contributed by atoms with E-state index < -0.39 is 5.91 Å². The fourth-order valence-corrected chi connectivity index (χ4v) is 2.09. The summed E-state index contributed by atoms with van der Waals surface area (Å²) in [5.74, 6) is 0.251. The van der Waals surface area contributed by atoms with E-state index in [0.717, 1.165) is 5.56 Å². The molecule has 0 radical (unpaired) electrons. The normalized spacial score (nSPS) is 10.8. The van der Waals surface area contributed by atoms with Crippen molar-refractivity contribution in [2.24, 2.45) is 5.73 Å². The minimum absolute atomic E-state index is 0.133. The molecule has 0 atom stereocenters. The number of methoxy groups -OCH3 is 1. The Morgan fingerprint density at radius 1 is 1.25 bits per heavy atom. The molecule has 5 nitrogen and oxygen atoms in total. The molecular weight excluding hydrogens is 328 g/mol. The van der Waals surface area contributed by atoms with Crippen LogP contribution in [0.25, 0.3) is 6.08 Å². The Morgan fingerprint density at radius 2 is 1.96 bits per heavy atom. The molecule has 0 aliphatic heterocycles. The van der Waals surface area contributed by atoms with Crippen LogP contribution in [0.5, 0.6) is 11.5 Å². The zero-order valence-electron chi connectivity index (χ0n) is 13.0. The van der Waals surface area contributed by atoms with Gasteiger partial charge in [0, 0.05) is 5.02 Å². The summed E-state index contributed by atoms with van der Waals surface area (Å²) in [6.07, 6.45) is 1.40. The number of carbonyl (C=O) groups is 1. The summed E-state index contributed by atoms with van der Waals surface area (Å²) >= 11 is 5.85. The Kier molecular flexibility index (Phi) is 5.83. The SMILES string of the molecule is COc1cc(C=C(C#N)C(N)=O)ccc1OCc1ccc(Cl)cc1. The fraction of sp³-hybridized carbons (Fsp3) is 0.111. The van der Waals surface area contributed by atoms with Crippen molar-refractivity contribution >= 4 is 23.6 Å². The second-order valence-electron chi connectivity index (χ2n) is 4.86. The topological polar surface area (TPSA) is 85.3 Å². The van der Waals surface area contributed by atoms with E-state index in [-0.39, 0.29) is 5.57 Å². The van der Waals surface area contributed by atoms with Crippen molar-refractivity contribution in [1.29, 1.82) is 5.26 Å². The molecule has 122 valence electrons. The van der Waals surface area contributed by atoms with Crippen LogP contribution in [0.15, 0.2) is 48.0 Å². The maximum absolute atomic E-state index is 11.1. The molecule has 0 aliphatic carbocycles. The lowest BCUT2D eigenvalue weighted by Gasteiger charge is -2.11. The number of primary amides is 1. The Hall–Kier alpha value is -2.97. The molecule has 6 heteroatoms. The van der Waals surface area contributed by atoms with Gasteiger partial charge in [-0.3, -0.25) is 4.79 Å². The van der Waals surface area contributed by atoms with Crippen LogP contribution in [-0.4, -0.2) is 13.0 Å². The number of hydrogen-bond acceptors (Lipinski definition) is 4. The van der Waals surface area contributed by atoms with Crippen molar-refractivity contribution in [3.05, 3.63) is 64.2 Å². The van der Waals surface area contributed by atoms with Crippen LogP contribution < -0.4 is 15.2 Å². The van der Waals surface area contributed by atoms with Gasteiger partial charge in [-0.1, -0.05) is 29.8 Å². The van der Waals surface area contributed by atoms with E-state index in [1.54, 1.807) is 36.4 Å². The molecule has 0 fully saturated rings. The third-order valence-corrected chi connectivity index (χ3v) is 3.44. The van der Waals surface area contributed by atoms with Crippen molar-refractivity contribution in [2.45, 2.75) is 6.61 Å². The number of ether oxygens (including phenoxy) is 2. The van der Waals surface area contributed by atoms with Gasteiger partial charge in [-0.05, 0) is 41.5 Å². The van der Waals surface area contributed by atoms with E-state index in [1.807, 2.05) is 12.1 Å². The number of hydrogen-bond donors (Lipinski definition) is 1. The lowest BCUT2D eigenvalue weighted by molar-refractivity contribution is -0.114. The zero-order valence-corrected chi connectivity index (χ0v) is 13.7. The maximum Gasteiger partial charge on any atom is 0.259 e. The summed E-state index contributed by atoms with van der Waals surface area (Å²) < 4.78 is 11.0. The van der Waals surface area contributed by atoms with E-state index in [0.29, 0.717) is 28.7 Å². The molecule has 2 aromatic rings. The highest BCUT2D eigenvalue weighted by Crippen LogP contribution is 2.29. The highest BCUT2D eigenvalue weighted by Gasteiger charge is 2.08. The Morgan fingerprint density at radius 3 is 2.54 bits per heavy atom. The second kappa shape index (κ2) is 8.04. The Labute approximate surface area is 144 Å². The van der Waals surface area contributed by atoms with Gasteiger partial charge in [0.15, 0.2) is 11.5 Å². The molecule has 2 rings (SSSR count). The van der Waals surface area contributed by atoms with Crippen LogP contribution in [0.3, 0.4) is 0 Å². The number of nitriles is 1. The summed E-state index contributed by atoms with van der Waals surface area (Å²) in [4.78, 5) is 11.1. The maximum atomic E-state index is 11.1. The summed E-state index contributed by atoms with van der Waals surface area (Å²) in [5.41, 5.74) is 6.57. The number of nitrogens with zero attached hydrogens (tertiary/aromatic N) is 1. The highest BCUT2D eigenvalue weighted by atomic mass is 35.5. The van der Waals surface area contributed by atoms with Gasteiger partial charge in [0.05, 0.1) is 7.11 Å². The van der Waals surface area contributed by atoms with Gasteiger partial charge in [-0.25, -0.2) is 0 Å². The number of benzene rings is 2. The van der Waals surface area contributed by atoms with Crippen LogP contribution in [0.2, 0.25) is 5.02 Å². The second-order valence-corrected chi connectivity index (χ2v) is 5.30. The molecule has 0 saturated heterocycles. The van der Waals surface area contributed by atoms with Gasteiger partial charge in [0.2, 0.25) is 0 Å². The third-order valence-electron chi connectivity index (χ3n) is 3.19. The van der Waals surface area contributed by atoms with Gasteiger partial charge >= 0.3 is 0 Å². The van der Waals surface area contributed by atoms with Crippen molar-refractivity contribution in [1.82, 2.24) is 0 Å². The first-order valence-corrected chi connectivity index (χ1v) is 7.38. The fourth-order valence-electron chi connectivity index (χ4n) is 1.96. The standard InChI is InChI=1S/C18H15ClN2O3/c1-23-17-9-13(8-14(10-20)18(21)22)4-7-16(17)24-11-12-2-5-15(19)6-3-12/h2-9H,11H2,1H3,(H2,21,22). The predicted octanol–water partition coefficient (Wildman–Crippen LogP) is 3.32. The number of rotatable bonds is 6. The van der Waals surface area contributed by atoms with Gasteiger partial charge < -0.3 is 15.2 Å². The largest absolute Gasteiger partial charge is 0.493 e. The molecule has 0 heterocycles. The van der Waals surface area contributed by atoms with E-state index in [4.69, 9.17) is 32.1 Å². The highest BCUT2D eigenvalue weighted by molar-refractivity contribution is 6.30. The minimum atomic E-state index is -0.778. The van der Waals surface area contributed by atoms with Crippen LogP contribution in [0.1, 0.15) is 11.1 Å². The van der Waals surface area contributed by atoms with Crippen LogP contribution in [0.4, 0.5) is 0 Å². The Balaban J connectivity index is 2.18. The molecule has 0 bridgehead atoms. The molecule has 0 aromatic heterocycles. The first-order valence-electron chi connectivity index (χ1n) is 7.00. The van der Waals surface area contributed by atoms with Crippen molar-refractivity contribution < 1.29 is 14.3 Å². The van der Waals surface area contributed by atoms with Crippen molar-refractivity contribution in [2.75, 3.05) is 7.11 Å². The third kappa shape index (κ3) is 4.51. The monoisotopic (exact) mass is 342 g/mol. The number of amides is 1. The molecule has 0 aliphatic rings. The average Bonchev–Trinajstić information content (AvgIpc) is 2.59. The van der Waals surface area contributed by atoms with Gasteiger partial charge in [-0.2, -0.15) is 5.26 Å². The molecule has 2 N–H and O–H groups in total. The lowest BCUT2D eigenvalue weighted by Crippen LogP contribution is -2.12. The van der Waals surface area contributed by atoms with Crippen molar-refractivity contribution in [3.8, 4) is 17.6 Å². The number of carbonyl (C=O) groups excluding carboxylic acids is 1. The summed E-state index contributed by atoms with van der Waals surface area (Å²) in [7, 11) is 1.51. The van der Waals surface area contributed by atoms with E-state index in [1.165, 1.54) is 13.2 Å². The predicted molar refractivity (Wildman–Crippen MR) is 91.6 cm³/mol. The zero-order chi connectivity index (χ0) is 17.5. The van der Waals surface area contributed by atoms with Crippen LogP contribution in [-0.2, 0) is 11.4 Å². The number of nitrogens with two attached hydrogens (primary N) is 1. The number of halogens is 1. The van der Waals surface area contributed by atoms with E-state index in [9.17, 15) is 4.79 Å². The van der Waals surface area contributed by atoms with E-state index >= 15 is 0 Å². The molecule has 1 amide bonds. The summed E-state index contributed by atoms with van der Waals surface area (Å²) in [5, 5.41) is 9.55. The van der Waals surface area contributed by atoms with Crippen molar-refractivity contribution in [3.63, 3.8) is 0 Å². The lowest BCUT2D eigenvalue weighted by atomic mass is 10.1. The molecule has 24 heavy (non-hydrogen) atoms. The molecule has 0 spiro atoms. The van der Waals surface area contributed by atoms with Crippen LogP contribution >= 0.6 is 11.6 Å². The average molecular weight is 343 g/mol. The van der Waals surface area contributed by atoms with Crippen LogP contribution in [0, 0.1) is 11.3 Å². The molecular formula is C18H15ClN2O3. The van der Waals surface area contributed by atoms with E-state index in [2.05, 4.69) is 0 Å². The van der Waals surface area contributed by atoms with Gasteiger partial charge in [0.25, 0.3) is 5.91 Å². The molecule has 0 saturated carbocycles. The minimum Gasteiger partial charge on any atom is -0.493 e. The molecule has 0 unspecified atom stereocenters. The first kappa shape index (κ1) is 17.4. The first-order chi connectivity index (χ1) is 11.5. The smallest absolute Gasteiger partial charge is 0.259 e. The summed E-state index contributed by atoms with van der Waals surface area (Å²) in [6, 6.07) is 14.2. The Bertz CT molecular complexity index is 808. The summed E-state index contributed by atoms with van der Waals surface area (Å²) in [6.45, 7) is 0.355. The van der Waals surface area contributed by atoms with Gasteiger partial charge in [0.1, 0.15) is 18.2 Å². The quantitative estimate of drug-likeness (QED) is 0.644. The van der Waals surface area contributed by atoms with Gasteiger partial charge in [-0.15, -0.1) is 0 Å².